The minimum atomic E-state index is -0.417. The lowest BCUT2D eigenvalue weighted by Crippen LogP contribution is -2.20. The fourth-order valence-corrected chi connectivity index (χ4v) is 1.89. The van der Waals surface area contributed by atoms with Crippen molar-refractivity contribution < 1.29 is 13.6 Å². The smallest absolute Gasteiger partial charge is 0.224 e. The first-order chi connectivity index (χ1) is 9.10. The fraction of sp³-hybridized carbons (Fsp3) is 0.133. The molecule has 2 nitrogen and oxygen atoms in total. The number of amides is 1. The second kappa shape index (κ2) is 5.61. The number of halogens is 2. The van der Waals surface area contributed by atoms with Gasteiger partial charge in [0.15, 0.2) is 0 Å². The van der Waals surface area contributed by atoms with Gasteiger partial charge >= 0.3 is 0 Å². The third-order valence-electron chi connectivity index (χ3n) is 2.84. The molecule has 0 radical (unpaired) electrons. The van der Waals surface area contributed by atoms with E-state index >= 15 is 0 Å². The second-order valence-electron chi connectivity index (χ2n) is 4.16. The molecule has 0 aromatic heterocycles. The molecule has 0 bridgehead atoms. The van der Waals surface area contributed by atoms with Crippen LogP contribution in [0.15, 0.2) is 42.5 Å². The minimum absolute atomic E-state index is 0.128. The Morgan fingerprint density at radius 3 is 2.53 bits per heavy atom. The molecule has 2 aromatic carbocycles. The van der Waals surface area contributed by atoms with Gasteiger partial charge in [-0.3, -0.25) is 4.79 Å². The maximum Gasteiger partial charge on any atom is 0.224 e. The zero-order valence-corrected chi connectivity index (χ0v) is 10.4. The maximum absolute atomic E-state index is 13.4. The number of carbonyl (C=O) groups excluding carboxylic acids is 1. The van der Waals surface area contributed by atoms with Crippen molar-refractivity contribution in [2.24, 2.45) is 0 Å². The van der Waals surface area contributed by atoms with Crippen molar-refractivity contribution in [3.63, 3.8) is 0 Å². The summed E-state index contributed by atoms with van der Waals surface area (Å²) in [6.45, 7) is 0. The van der Waals surface area contributed by atoms with Crippen molar-refractivity contribution in [2.45, 2.75) is 6.42 Å². The van der Waals surface area contributed by atoms with Crippen LogP contribution < -0.4 is 5.32 Å². The molecular weight excluding hydrogens is 248 g/mol. The van der Waals surface area contributed by atoms with Gasteiger partial charge < -0.3 is 5.32 Å². The van der Waals surface area contributed by atoms with Crippen LogP contribution in [0.3, 0.4) is 0 Å². The molecule has 0 spiro atoms. The molecule has 2 rings (SSSR count). The molecule has 0 atom stereocenters. The lowest BCUT2D eigenvalue weighted by molar-refractivity contribution is -0.119. The van der Waals surface area contributed by atoms with Crippen LogP contribution in [0.5, 0.6) is 0 Å². The Labute approximate surface area is 110 Å². The van der Waals surface area contributed by atoms with Crippen LogP contribution in [0.25, 0.3) is 11.1 Å². The van der Waals surface area contributed by atoms with Gasteiger partial charge in [0.25, 0.3) is 0 Å². The highest BCUT2D eigenvalue weighted by atomic mass is 19.1. The van der Waals surface area contributed by atoms with E-state index in [9.17, 15) is 13.6 Å². The van der Waals surface area contributed by atoms with Crippen LogP contribution in [0, 0.1) is 11.6 Å². The number of likely N-dealkylation sites (N-methyl/N-ethyl adjacent to an activating group) is 1. The zero-order valence-electron chi connectivity index (χ0n) is 10.4. The van der Waals surface area contributed by atoms with Crippen molar-refractivity contribution >= 4 is 5.91 Å². The highest BCUT2D eigenvalue weighted by Crippen LogP contribution is 2.25. The summed E-state index contributed by atoms with van der Waals surface area (Å²) in [5.41, 5.74) is 1.74. The third-order valence-corrected chi connectivity index (χ3v) is 2.84. The Kier molecular flexibility index (Phi) is 3.90. The first-order valence-electron chi connectivity index (χ1n) is 5.85. The van der Waals surface area contributed by atoms with E-state index < -0.39 is 11.6 Å². The van der Waals surface area contributed by atoms with Crippen LogP contribution in [0.1, 0.15) is 5.56 Å². The van der Waals surface area contributed by atoms with Gasteiger partial charge in [0.2, 0.25) is 5.91 Å². The number of hydrogen-bond donors (Lipinski definition) is 1. The van der Waals surface area contributed by atoms with Crippen molar-refractivity contribution in [3.8, 4) is 11.1 Å². The van der Waals surface area contributed by atoms with Crippen LogP contribution in [0.2, 0.25) is 0 Å². The first kappa shape index (κ1) is 13.2. The van der Waals surface area contributed by atoms with Crippen molar-refractivity contribution in [2.75, 3.05) is 7.05 Å². The normalized spacial score (nSPS) is 10.3. The number of hydrogen-bond acceptors (Lipinski definition) is 1. The van der Waals surface area contributed by atoms with E-state index in [1.165, 1.54) is 31.3 Å². The molecule has 0 aliphatic heterocycles. The zero-order chi connectivity index (χ0) is 13.8. The summed E-state index contributed by atoms with van der Waals surface area (Å²) in [7, 11) is 1.54. The van der Waals surface area contributed by atoms with E-state index in [2.05, 4.69) is 5.32 Å². The fourth-order valence-electron chi connectivity index (χ4n) is 1.89. The summed E-state index contributed by atoms with van der Waals surface area (Å²) in [6.07, 6.45) is 0.128. The van der Waals surface area contributed by atoms with Gasteiger partial charge in [-0.25, -0.2) is 8.78 Å². The third kappa shape index (κ3) is 3.16. The van der Waals surface area contributed by atoms with Crippen molar-refractivity contribution in [3.05, 3.63) is 59.7 Å². The van der Waals surface area contributed by atoms with Crippen molar-refractivity contribution in [1.82, 2.24) is 5.32 Å². The molecule has 98 valence electrons. The van der Waals surface area contributed by atoms with Crippen LogP contribution >= 0.6 is 0 Å². The summed E-state index contributed by atoms with van der Waals surface area (Å²) in [5.74, 6) is -0.989. The van der Waals surface area contributed by atoms with Crippen LogP contribution in [-0.2, 0) is 11.2 Å². The van der Waals surface area contributed by atoms with Gasteiger partial charge in [-0.05, 0) is 41.0 Å². The van der Waals surface area contributed by atoms with E-state index in [1.807, 2.05) is 0 Å². The molecule has 0 fully saturated rings. The van der Waals surface area contributed by atoms with Gasteiger partial charge in [-0.2, -0.15) is 0 Å². The minimum Gasteiger partial charge on any atom is -0.359 e. The van der Waals surface area contributed by atoms with Gasteiger partial charge in [-0.1, -0.05) is 18.2 Å². The summed E-state index contributed by atoms with van der Waals surface area (Å²) >= 11 is 0. The Balaban J connectivity index is 2.48. The highest BCUT2D eigenvalue weighted by Gasteiger charge is 2.10. The standard InChI is InChI=1S/C15H13F2NO/c1-18-15(19)8-11-5-6-13(17)9-14(11)10-3-2-4-12(16)7-10/h2-7,9H,8H2,1H3,(H,18,19). The summed E-state index contributed by atoms with van der Waals surface area (Å²) in [4.78, 5) is 11.4. The maximum atomic E-state index is 13.4. The highest BCUT2D eigenvalue weighted by molar-refractivity contribution is 5.81. The summed E-state index contributed by atoms with van der Waals surface area (Å²) in [6, 6.07) is 10.0. The van der Waals surface area contributed by atoms with E-state index in [1.54, 1.807) is 18.2 Å². The monoisotopic (exact) mass is 261 g/mol. The van der Waals surface area contributed by atoms with E-state index in [-0.39, 0.29) is 12.3 Å². The molecule has 4 heteroatoms. The molecule has 0 saturated heterocycles. The molecule has 1 N–H and O–H groups in total. The van der Waals surface area contributed by atoms with Crippen molar-refractivity contribution in [1.29, 1.82) is 0 Å². The number of rotatable bonds is 3. The van der Waals surface area contributed by atoms with Gasteiger partial charge in [0.1, 0.15) is 11.6 Å². The lowest BCUT2D eigenvalue weighted by atomic mass is 9.97. The first-order valence-corrected chi connectivity index (χ1v) is 5.85. The van der Waals surface area contributed by atoms with E-state index in [4.69, 9.17) is 0 Å². The Bertz CT molecular complexity index is 611. The Morgan fingerprint density at radius 1 is 1.11 bits per heavy atom. The van der Waals surface area contributed by atoms with Crippen LogP contribution in [0.4, 0.5) is 8.78 Å². The Hall–Kier alpha value is -2.23. The van der Waals surface area contributed by atoms with Gasteiger partial charge in [0, 0.05) is 7.05 Å². The average Bonchev–Trinajstić information content (AvgIpc) is 2.40. The molecule has 0 saturated carbocycles. The number of benzene rings is 2. The largest absolute Gasteiger partial charge is 0.359 e. The number of carbonyl (C=O) groups is 1. The summed E-state index contributed by atoms with van der Waals surface area (Å²) < 4.78 is 26.6. The van der Waals surface area contributed by atoms with Gasteiger partial charge in [-0.15, -0.1) is 0 Å². The average molecular weight is 261 g/mol. The topological polar surface area (TPSA) is 29.1 Å². The predicted octanol–water partition coefficient (Wildman–Crippen LogP) is 2.92. The quantitative estimate of drug-likeness (QED) is 0.904. The molecule has 19 heavy (non-hydrogen) atoms. The van der Waals surface area contributed by atoms with Crippen LogP contribution in [-0.4, -0.2) is 13.0 Å². The number of nitrogens with one attached hydrogen (secondary N) is 1. The molecule has 1 amide bonds. The SMILES string of the molecule is CNC(=O)Cc1ccc(F)cc1-c1cccc(F)c1. The second-order valence-corrected chi connectivity index (χ2v) is 4.16. The molecule has 0 heterocycles. The van der Waals surface area contributed by atoms with E-state index in [0.29, 0.717) is 16.7 Å². The van der Waals surface area contributed by atoms with E-state index in [0.717, 1.165) is 0 Å². The molecule has 0 aliphatic carbocycles. The molecular formula is C15H13F2NO. The van der Waals surface area contributed by atoms with Gasteiger partial charge in [0.05, 0.1) is 6.42 Å². The lowest BCUT2D eigenvalue weighted by Gasteiger charge is -2.09. The molecule has 0 aliphatic rings. The molecule has 0 unspecified atom stereocenters. The summed E-state index contributed by atoms with van der Waals surface area (Å²) in [5, 5.41) is 2.51. The molecule has 2 aromatic rings. The predicted molar refractivity (Wildman–Crippen MR) is 69.6 cm³/mol. The Morgan fingerprint density at radius 2 is 1.84 bits per heavy atom.